The van der Waals surface area contributed by atoms with E-state index >= 15 is 0 Å². The number of hydrogen-bond acceptors (Lipinski definition) is 4. The number of aromatic nitrogens is 1. The van der Waals surface area contributed by atoms with Crippen LogP contribution in [-0.4, -0.2) is 44.3 Å². The van der Waals surface area contributed by atoms with Gasteiger partial charge in [-0.05, 0) is 56.5 Å². The summed E-state index contributed by atoms with van der Waals surface area (Å²) in [6.07, 6.45) is 1.90. The lowest BCUT2D eigenvalue weighted by atomic mass is 9.49. The van der Waals surface area contributed by atoms with Crippen LogP contribution in [0.3, 0.4) is 0 Å². The number of aromatic hydroxyl groups is 1. The number of aliphatic hydroxyl groups is 1. The Bertz CT molecular complexity index is 1230. The standard InChI is InChI=1S/C25H26N2O3/c1-13(2)27-10-9-24-20-14-7-8-18(28)22(20)30-23(24)21-16(12-25(24,29)19(27)11-14)15-5-3-4-6-17(15)26-21/h3-8,13,19,23,26,28-29H,9-12H2,1-2H3/t19-,23+,24+,25-/m1/s1. The number of piperidine rings is 1. The van der Waals surface area contributed by atoms with E-state index in [-0.39, 0.29) is 17.9 Å². The summed E-state index contributed by atoms with van der Waals surface area (Å²) in [4.78, 5) is 6.11. The second kappa shape index (κ2) is 5.21. The van der Waals surface area contributed by atoms with Crippen molar-refractivity contribution in [2.75, 3.05) is 6.54 Å². The third kappa shape index (κ3) is 1.68. The Morgan fingerprint density at radius 2 is 2.03 bits per heavy atom. The highest BCUT2D eigenvalue weighted by Crippen LogP contribution is 2.69. The van der Waals surface area contributed by atoms with Crippen LogP contribution < -0.4 is 4.74 Å². The van der Waals surface area contributed by atoms with E-state index in [2.05, 4.69) is 41.9 Å². The zero-order valence-electron chi connectivity index (χ0n) is 17.3. The smallest absolute Gasteiger partial charge is 0.166 e. The third-order valence-corrected chi connectivity index (χ3v) is 8.47. The van der Waals surface area contributed by atoms with Crippen LogP contribution in [-0.2, 0) is 18.3 Å². The van der Waals surface area contributed by atoms with Crippen molar-refractivity contribution in [2.45, 2.75) is 62.3 Å². The second-order valence-corrected chi connectivity index (χ2v) is 9.88. The lowest BCUT2D eigenvalue weighted by Gasteiger charge is -2.63. The van der Waals surface area contributed by atoms with Crippen LogP contribution in [0.1, 0.15) is 48.8 Å². The molecule has 0 radical (unpaired) electrons. The molecule has 2 aliphatic heterocycles. The molecule has 0 saturated carbocycles. The number of phenols is 1. The first-order valence-corrected chi connectivity index (χ1v) is 11.1. The van der Waals surface area contributed by atoms with Gasteiger partial charge in [-0.25, -0.2) is 0 Å². The van der Waals surface area contributed by atoms with Crippen LogP contribution in [0.2, 0.25) is 0 Å². The molecular formula is C25H26N2O3. The van der Waals surface area contributed by atoms with Crippen molar-refractivity contribution >= 4 is 10.9 Å². The summed E-state index contributed by atoms with van der Waals surface area (Å²) in [7, 11) is 0. The quantitative estimate of drug-likeness (QED) is 0.582. The van der Waals surface area contributed by atoms with Gasteiger partial charge in [-0.1, -0.05) is 24.3 Å². The number of ether oxygens (including phenoxy) is 1. The Kier molecular flexibility index (Phi) is 2.99. The average Bonchev–Trinajstić information content (AvgIpc) is 3.24. The van der Waals surface area contributed by atoms with E-state index in [4.69, 9.17) is 4.74 Å². The molecule has 3 heterocycles. The molecule has 2 bridgehead atoms. The fraction of sp³-hybridized carbons (Fsp3) is 0.440. The zero-order valence-corrected chi connectivity index (χ0v) is 17.3. The molecule has 0 unspecified atom stereocenters. The van der Waals surface area contributed by atoms with Crippen LogP contribution in [0, 0.1) is 0 Å². The molecular weight excluding hydrogens is 376 g/mol. The first kappa shape index (κ1) is 17.2. The molecule has 5 nitrogen and oxygen atoms in total. The van der Waals surface area contributed by atoms with E-state index in [0.29, 0.717) is 18.2 Å². The molecule has 3 N–H and O–H groups in total. The van der Waals surface area contributed by atoms with E-state index in [1.54, 1.807) is 6.07 Å². The fourth-order valence-electron chi connectivity index (χ4n) is 7.29. The molecule has 2 aromatic carbocycles. The van der Waals surface area contributed by atoms with Crippen molar-refractivity contribution in [2.24, 2.45) is 0 Å². The Labute approximate surface area is 175 Å². The molecule has 1 fully saturated rings. The van der Waals surface area contributed by atoms with Crippen molar-refractivity contribution in [3.63, 3.8) is 0 Å². The summed E-state index contributed by atoms with van der Waals surface area (Å²) in [6, 6.07) is 12.5. The lowest BCUT2D eigenvalue weighted by molar-refractivity contribution is -0.178. The molecule has 154 valence electrons. The summed E-state index contributed by atoms with van der Waals surface area (Å²) in [5.74, 6) is 0.765. The minimum absolute atomic E-state index is 0.0298. The molecule has 1 saturated heterocycles. The number of para-hydroxylation sites is 1. The number of nitrogens with one attached hydrogen (secondary N) is 1. The van der Waals surface area contributed by atoms with Gasteiger partial charge < -0.3 is 19.9 Å². The summed E-state index contributed by atoms with van der Waals surface area (Å²) < 4.78 is 6.57. The Balaban J connectivity index is 1.58. The van der Waals surface area contributed by atoms with Gasteiger partial charge in [-0.15, -0.1) is 0 Å². The first-order chi connectivity index (χ1) is 14.5. The SMILES string of the molecule is CC(C)N1CC[C@]23c4c5ccc(O)c4O[C@H]2c2[nH]c4ccccc4c2C[C@@]3(O)[C@H]1C5. The maximum atomic E-state index is 12.6. The van der Waals surface area contributed by atoms with E-state index in [0.717, 1.165) is 36.2 Å². The molecule has 30 heavy (non-hydrogen) atoms. The highest BCUT2D eigenvalue weighted by molar-refractivity contribution is 5.86. The van der Waals surface area contributed by atoms with Crippen LogP contribution >= 0.6 is 0 Å². The average molecular weight is 402 g/mol. The van der Waals surface area contributed by atoms with Crippen molar-refractivity contribution in [1.29, 1.82) is 0 Å². The molecule has 1 aromatic heterocycles. The van der Waals surface area contributed by atoms with Gasteiger partial charge in [-0.2, -0.15) is 0 Å². The predicted octanol–water partition coefficient (Wildman–Crippen LogP) is 3.57. The van der Waals surface area contributed by atoms with Crippen molar-refractivity contribution < 1.29 is 14.9 Å². The number of aromatic amines is 1. The summed E-state index contributed by atoms with van der Waals surface area (Å²) >= 11 is 0. The monoisotopic (exact) mass is 402 g/mol. The van der Waals surface area contributed by atoms with Crippen molar-refractivity contribution in [1.82, 2.24) is 9.88 Å². The largest absolute Gasteiger partial charge is 0.504 e. The van der Waals surface area contributed by atoms with E-state index in [1.807, 2.05) is 12.1 Å². The van der Waals surface area contributed by atoms with Gasteiger partial charge in [-0.3, -0.25) is 4.90 Å². The maximum absolute atomic E-state index is 12.6. The molecule has 0 amide bonds. The number of benzene rings is 2. The number of fused-ring (bicyclic) bond motifs is 4. The molecule has 7 rings (SSSR count). The third-order valence-electron chi connectivity index (χ3n) is 8.47. The molecule has 4 atom stereocenters. The summed E-state index contributed by atoms with van der Waals surface area (Å²) in [6.45, 7) is 5.37. The van der Waals surface area contributed by atoms with Gasteiger partial charge in [0.2, 0.25) is 0 Å². The van der Waals surface area contributed by atoms with Crippen LogP contribution in [0.4, 0.5) is 0 Å². The van der Waals surface area contributed by atoms with Gasteiger partial charge in [0, 0.05) is 35.0 Å². The first-order valence-electron chi connectivity index (χ1n) is 11.1. The fourth-order valence-corrected chi connectivity index (χ4v) is 7.29. The van der Waals surface area contributed by atoms with Gasteiger partial charge in [0.25, 0.3) is 0 Å². The maximum Gasteiger partial charge on any atom is 0.166 e. The molecule has 4 aliphatic rings. The summed E-state index contributed by atoms with van der Waals surface area (Å²) in [5.41, 5.74) is 4.12. The Hall–Kier alpha value is -2.50. The van der Waals surface area contributed by atoms with Gasteiger partial charge in [0.05, 0.1) is 16.7 Å². The molecule has 1 spiro atoms. The zero-order chi connectivity index (χ0) is 20.4. The molecule has 2 aliphatic carbocycles. The van der Waals surface area contributed by atoms with Crippen LogP contribution in [0.25, 0.3) is 10.9 Å². The number of likely N-dealkylation sites (tertiary alicyclic amines) is 1. The van der Waals surface area contributed by atoms with Gasteiger partial charge in [0.15, 0.2) is 17.6 Å². The van der Waals surface area contributed by atoms with E-state index in [1.165, 1.54) is 16.5 Å². The number of nitrogens with zero attached hydrogens (tertiary/aromatic N) is 1. The minimum Gasteiger partial charge on any atom is -0.504 e. The van der Waals surface area contributed by atoms with Crippen LogP contribution in [0.5, 0.6) is 11.5 Å². The second-order valence-electron chi connectivity index (χ2n) is 9.88. The summed E-state index contributed by atoms with van der Waals surface area (Å²) in [5, 5.41) is 24.5. The highest BCUT2D eigenvalue weighted by Gasteiger charge is 2.72. The topological polar surface area (TPSA) is 68.7 Å². The number of hydrogen-bond donors (Lipinski definition) is 3. The van der Waals surface area contributed by atoms with Gasteiger partial charge in [0.1, 0.15) is 0 Å². The molecule has 5 heteroatoms. The number of rotatable bonds is 1. The molecule has 3 aromatic rings. The minimum atomic E-state index is -0.940. The number of H-pyrrole nitrogens is 1. The van der Waals surface area contributed by atoms with Crippen molar-refractivity contribution in [3.8, 4) is 11.5 Å². The predicted molar refractivity (Wildman–Crippen MR) is 114 cm³/mol. The van der Waals surface area contributed by atoms with E-state index < -0.39 is 11.0 Å². The van der Waals surface area contributed by atoms with Gasteiger partial charge >= 0.3 is 0 Å². The lowest BCUT2D eigenvalue weighted by Crippen LogP contribution is -2.75. The Morgan fingerprint density at radius 1 is 1.20 bits per heavy atom. The van der Waals surface area contributed by atoms with Crippen LogP contribution in [0.15, 0.2) is 36.4 Å². The highest BCUT2D eigenvalue weighted by atomic mass is 16.5. The Morgan fingerprint density at radius 3 is 2.87 bits per heavy atom. The number of phenolic OH excluding ortho intramolecular Hbond substituents is 1. The van der Waals surface area contributed by atoms with E-state index in [9.17, 15) is 10.2 Å². The normalized spacial score (nSPS) is 33.5. The van der Waals surface area contributed by atoms with Crippen molar-refractivity contribution in [3.05, 3.63) is 58.8 Å².